The molecule has 4 unspecified atom stereocenters. The second-order valence-corrected chi connectivity index (χ2v) is 11.7. The lowest BCUT2D eigenvalue weighted by atomic mass is 9.48. The molecule has 0 bridgehead atoms. The number of ketones is 1. The fourth-order valence-corrected chi connectivity index (χ4v) is 7.85. The third-order valence-electron chi connectivity index (χ3n) is 9.96. The van der Waals surface area contributed by atoms with E-state index in [0.29, 0.717) is 24.2 Å². The molecule has 190 valence electrons. The number of carbonyl (C=O) groups excluding carboxylic acids is 3. The lowest BCUT2D eigenvalue weighted by Crippen LogP contribution is -2.59. The minimum Gasteiger partial charge on any atom is -0.349 e. The molecule has 3 fully saturated rings. The lowest BCUT2D eigenvalue weighted by molar-refractivity contribution is -0.173. The van der Waals surface area contributed by atoms with Crippen molar-refractivity contribution in [2.24, 2.45) is 40.4 Å². The number of hydrogen-bond acceptors (Lipinski definition) is 3. The second kappa shape index (κ2) is 8.66. The fraction of sp³-hybridized carbons (Fsp3) is 0.808. The maximum atomic E-state index is 13.3. The molecule has 9 atom stereocenters. The van der Waals surface area contributed by atoms with Crippen LogP contribution in [0.25, 0.3) is 0 Å². The van der Waals surface area contributed by atoms with E-state index in [2.05, 4.69) is 30.6 Å². The second-order valence-electron chi connectivity index (χ2n) is 11.7. The molecule has 0 aromatic carbocycles. The molecule has 0 saturated heterocycles. The summed E-state index contributed by atoms with van der Waals surface area (Å²) in [5.74, 6) is -1.47. The first-order valence-electron chi connectivity index (χ1n) is 12.6. The molecule has 34 heavy (non-hydrogen) atoms. The Labute approximate surface area is 199 Å². The predicted octanol–water partition coefficient (Wildman–Crippen LogP) is 4.56. The predicted molar refractivity (Wildman–Crippen MR) is 121 cm³/mol. The Kier molecular flexibility index (Phi) is 6.43. The van der Waals surface area contributed by atoms with Crippen LogP contribution in [0.1, 0.15) is 72.6 Å². The van der Waals surface area contributed by atoms with Crippen molar-refractivity contribution in [2.45, 2.75) is 90.9 Å². The Morgan fingerprint density at radius 1 is 1.15 bits per heavy atom. The van der Waals surface area contributed by atoms with Gasteiger partial charge in [0.1, 0.15) is 0 Å². The lowest BCUT2D eigenvalue weighted by Gasteiger charge is -2.58. The van der Waals surface area contributed by atoms with Crippen LogP contribution >= 0.6 is 0 Å². The summed E-state index contributed by atoms with van der Waals surface area (Å²) in [5.41, 5.74) is -0.320. The van der Waals surface area contributed by atoms with Gasteiger partial charge in [-0.1, -0.05) is 26.8 Å². The molecule has 4 rings (SSSR count). The van der Waals surface area contributed by atoms with E-state index in [0.717, 1.165) is 39.0 Å². The summed E-state index contributed by atoms with van der Waals surface area (Å²) in [6.45, 7) is 6.70. The molecule has 3 aliphatic carbocycles. The van der Waals surface area contributed by atoms with Gasteiger partial charge in [0.05, 0.1) is 12.0 Å². The van der Waals surface area contributed by atoms with E-state index in [4.69, 9.17) is 0 Å². The number of rotatable bonds is 5. The zero-order valence-electron chi connectivity index (χ0n) is 20.5. The van der Waals surface area contributed by atoms with Crippen molar-refractivity contribution in [3.8, 4) is 0 Å². The molecule has 0 radical (unpaired) electrons. The number of amides is 2. The normalized spacial score (nSPS) is 40.9. The highest BCUT2D eigenvalue weighted by Crippen LogP contribution is 2.65. The molecule has 1 heterocycles. The van der Waals surface area contributed by atoms with Crippen LogP contribution in [0.4, 0.5) is 13.2 Å². The minimum atomic E-state index is -4.40. The molecule has 0 spiro atoms. The van der Waals surface area contributed by atoms with Gasteiger partial charge in [0.25, 0.3) is 0 Å². The van der Waals surface area contributed by atoms with Crippen LogP contribution in [0.2, 0.25) is 0 Å². The number of alkyl halides is 3. The van der Waals surface area contributed by atoms with Crippen LogP contribution in [-0.2, 0) is 14.4 Å². The van der Waals surface area contributed by atoms with Gasteiger partial charge in [0.15, 0.2) is 5.78 Å². The van der Waals surface area contributed by atoms with Crippen molar-refractivity contribution in [3.05, 3.63) is 12.2 Å². The Hall–Kier alpha value is -1.86. The summed E-state index contributed by atoms with van der Waals surface area (Å²) >= 11 is 0. The maximum Gasteiger partial charge on any atom is 0.391 e. The molecule has 1 aliphatic heterocycles. The Balaban J connectivity index is 1.49. The van der Waals surface area contributed by atoms with Gasteiger partial charge in [-0.2, -0.15) is 13.2 Å². The number of hydrogen-bond donors (Lipinski definition) is 2. The third kappa shape index (κ3) is 4.19. The van der Waals surface area contributed by atoms with Crippen molar-refractivity contribution < 1.29 is 27.6 Å². The highest BCUT2D eigenvalue weighted by Gasteiger charge is 2.61. The highest BCUT2D eigenvalue weighted by molar-refractivity contribution is 5.89. The van der Waals surface area contributed by atoms with Crippen LogP contribution in [0, 0.1) is 40.4 Å². The molecule has 0 aromatic rings. The molecule has 5 nitrogen and oxygen atoms in total. The summed E-state index contributed by atoms with van der Waals surface area (Å²) in [4.78, 5) is 37.3. The number of Topliss-reactive ketones (excluding diaryl/α,β-unsaturated/α-hetero) is 1. The van der Waals surface area contributed by atoms with Crippen molar-refractivity contribution >= 4 is 17.6 Å². The van der Waals surface area contributed by atoms with Gasteiger partial charge in [0, 0.05) is 17.4 Å². The van der Waals surface area contributed by atoms with Gasteiger partial charge in [-0.05, 0) is 81.1 Å². The Morgan fingerprint density at radius 2 is 1.85 bits per heavy atom. The van der Waals surface area contributed by atoms with Crippen LogP contribution in [-0.4, -0.2) is 35.9 Å². The fourth-order valence-electron chi connectivity index (χ4n) is 7.85. The topological polar surface area (TPSA) is 75.3 Å². The maximum absolute atomic E-state index is 13.3. The van der Waals surface area contributed by atoms with E-state index in [1.807, 2.05) is 0 Å². The average Bonchev–Trinajstić information content (AvgIpc) is 3.10. The van der Waals surface area contributed by atoms with E-state index >= 15 is 0 Å². The van der Waals surface area contributed by atoms with Gasteiger partial charge in [-0.25, -0.2) is 0 Å². The van der Waals surface area contributed by atoms with Crippen LogP contribution in [0.15, 0.2) is 12.2 Å². The summed E-state index contributed by atoms with van der Waals surface area (Å²) in [7, 11) is 0. The largest absolute Gasteiger partial charge is 0.391 e. The van der Waals surface area contributed by atoms with E-state index in [9.17, 15) is 27.6 Å². The average molecular weight is 483 g/mol. The smallest absolute Gasteiger partial charge is 0.349 e. The first-order chi connectivity index (χ1) is 15.8. The molecule has 4 aliphatic rings. The quantitative estimate of drug-likeness (QED) is 0.603. The minimum absolute atomic E-state index is 0.0287. The molecule has 2 amide bonds. The summed E-state index contributed by atoms with van der Waals surface area (Å²) in [5, 5.41) is 5.85. The van der Waals surface area contributed by atoms with E-state index in [-0.39, 0.29) is 34.6 Å². The molecular formula is C26H37F3N2O3. The van der Waals surface area contributed by atoms with E-state index in [1.54, 1.807) is 6.08 Å². The van der Waals surface area contributed by atoms with Crippen molar-refractivity contribution in [3.63, 3.8) is 0 Å². The van der Waals surface area contributed by atoms with E-state index in [1.165, 1.54) is 6.92 Å². The van der Waals surface area contributed by atoms with Gasteiger partial charge in [0.2, 0.25) is 11.8 Å². The van der Waals surface area contributed by atoms with Crippen LogP contribution in [0.5, 0.6) is 0 Å². The summed E-state index contributed by atoms with van der Waals surface area (Å²) < 4.78 is 39.2. The first-order valence-corrected chi connectivity index (χ1v) is 12.6. The molecule has 0 aromatic heterocycles. The monoisotopic (exact) mass is 482 g/mol. The SMILES string of the molecule is CC(=O)C(CC(C)C(F)(F)F)NC(=O)C1CC[C@H]2[C@@H]3CCC4NC(=O)C=C[C@]4(C)[C@@H]3CC[C@]12C. The molecular weight excluding hydrogens is 445 g/mol. The summed E-state index contributed by atoms with van der Waals surface area (Å²) in [6.07, 6.45) is 4.27. The number of fused-ring (bicyclic) bond motifs is 5. The Morgan fingerprint density at radius 3 is 2.50 bits per heavy atom. The van der Waals surface area contributed by atoms with Crippen molar-refractivity contribution in [1.29, 1.82) is 0 Å². The van der Waals surface area contributed by atoms with Gasteiger partial charge < -0.3 is 10.6 Å². The number of nitrogens with one attached hydrogen (secondary N) is 2. The molecule has 3 saturated carbocycles. The van der Waals surface area contributed by atoms with Gasteiger partial charge in [-0.3, -0.25) is 14.4 Å². The molecule has 8 heteroatoms. The van der Waals surface area contributed by atoms with Crippen LogP contribution in [0.3, 0.4) is 0 Å². The zero-order valence-corrected chi connectivity index (χ0v) is 20.5. The zero-order chi connectivity index (χ0) is 25.1. The number of carbonyl (C=O) groups is 3. The van der Waals surface area contributed by atoms with E-state index < -0.39 is 30.3 Å². The first kappa shape index (κ1) is 25.2. The van der Waals surface area contributed by atoms with Crippen LogP contribution < -0.4 is 10.6 Å². The van der Waals surface area contributed by atoms with Gasteiger partial charge in [-0.15, -0.1) is 0 Å². The highest BCUT2D eigenvalue weighted by atomic mass is 19.4. The van der Waals surface area contributed by atoms with Crippen molar-refractivity contribution in [1.82, 2.24) is 10.6 Å². The standard InChI is InChI=1S/C26H37F3N2O3/c1-14(26(27,28)29)13-20(15(2)32)30-23(34)19-7-6-17-16-5-8-21-25(4,12-10-22(33)31-21)18(16)9-11-24(17,19)3/h10,12,14,16-21H,5-9,11,13H2,1-4H3,(H,30,34)(H,31,33)/t14?,16-,17-,18+,19?,20?,21?,24-,25+/m0/s1. The van der Waals surface area contributed by atoms with Crippen molar-refractivity contribution in [2.75, 3.05) is 0 Å². The summed E-state index contributed by atoms with van der Waals surface area (Å²) in [6, 6.07) is -0.975. The Bertz CT molecular complexity index is 887. The van der Waals surface area contributed by atoms with Gasteiger partial charge >= 0.3 is 6.18 Å². The third-order valence-corrected chi connectivity index (χ3v) is 9.96. The number of halogens is 3. The molecule has 2 N–H and O–H groups in total.